The molecule has 12 heavy (non-hydrogen) atoms. The van der Waals surface area contributed by atoms with Gasteiger partial charge in [0, 0.05) is 6.61 Å². The zero-order valence-electron chi connectivity index (χ0n) is 8.25. The molecule has 0 N–H and O–H groups in total. The number of hydrogen-bond donors (Lipinski definition) is 1. The van der Waals surface area contributed by atoms with Gasteiger partial charge in [0.2, 0.25) is 0 Å². The van der Waals surface area contributed by atoms with Gasteiger partial charge in [-0.05, 0) is 19.8 Å². The van der Waals surface area contributed by atoms with E-state index in [1.54, 1.807) is 0 Å². The minimum absolute atomic E-state index is 0.0199. The average Bonchev–Trinajstić information content (AvgIpc) is 2.04. The quantitative estimate of drug-likeness (QED) is 0.494. The van der Waals surface area contributed by atoms with Crippen molar-refractivity contribution < 1.29 is 9.47 Å². The second-order valence-corrected chi connectivity index (χ2v) is 3.25. The summed E-state index contributed by atoms with van der Waals surface area (Å²) in [6, 6.07) is 0. The van der Waals surface area contributed by atoms with Gasteiger partial charge in [-0.25, -0.2) is 0 Å². The van der Waals surface area contributed by atoms with E-state index in [4.69, 9.17) is 9.47 Å². The lowest BCUT2D eigenvalue weighted by Gasteiger charge is -2.19. The topological polar surface area (TPSA) is 18.5 Å². The molecule has 0 radical (unpaired) electrons. The van der Waals surface area contributed by atoms with E-state index in [0.717, 1.165) is 19.3 Å². The maximum atomic E-state index is 5.52. The van der Waals surface area contributed by atoms with Crippen molar-refractivity contribution in [3.05, 3.63) is 0 Å². The van der Waals surface area contributed by atoms with E-state index in [1.165, 1.54) is 0 Å². The molecule has 0 aromatic heterocycles. The van der Waals surface area contributed by atoms with Crippen molar-refractivity contribution in [1.29, 1.82) is 0 Å². The monoisotopic (exact) mass is 192 g/mol. The third-order valence-electron chi connectivity index (χ3n) is 1.53. The van der Waals surface area contributed by atoms with Gasteiger partial charge in [-0.3, -0.25) is 0 Å². The van der Waals surface area contributed by atoms with Crippen molar-refractivity contribution in [1.82, 2.24) is 0 Å². The third kappa shape index (κ3) is 5.86. The van der Waals surface area contributed by atoms with E-state index in [-0.39, 0.29) is 11.7 Å². The molecule has 3 heteroatoms. The van der Waals surface area contributed by atoms with Gasteiger partial charge < -0.3 is 9.47 Å². The van der Waals surface area contributed by atoms with Gasteiger partial charge in [-0.2, -0.15) is 0 Å². The first kappa shape index (κ1) is 12.3. The number of ether oxygens (including phenoxy) is 2. The highest BCUT2D eigenvalue weighted by Gasteiger charge is 2.10. The van der Waals surface area contributed by atoms with Crippen LogP contribution in [0.15, 0.2) is 0 Å². The first-order chi connectivity index (χ1) is 5.74. The molecule has 0 bridgehead atoms. The predicted molar refractivity (Wildman–Crippen MR) is 54.5 cm³/mol. The summed E-state index contributed by atoms with van der Waals surface area (Å²) in [4.78, 5) is 0. The van der Waals surface area contributed by atoms with Gasteiger partial charge in [0.1, 0.15) is 5.44 Å². The van der Waals surface area contributed by atoms with Crippen LogP contribution < -0.4 is 0 Å². The van der Waals surface area contributed by atoms with Crippen LogP contribution in [0.4, 0.5) is 0 Å². The second kappa shape index (κ2) is 7.90. The summed E-state index contributed by atoms with van der Waals surface area (Å²) in [5.74, 6) is 0. The Kier molecular flexibility index (Phi) is 8.07. The van der Waals surface area contributed by atoms with Crippen molar-refractivity contribution >= 4 is 12.6 Å². The molecule has 0 aromatic carbocycles. The van der Waals surface area contributed by atoms with Crippen molar-refractivity contribution in [3.63, 3.8) is 0 Å². The van der Waals surface area contributed by atoms with E-state index in [9.17, 15) is 0 Å². The molecule has 2 atom stereocenters. The molecule has 0 amide bonds. The lowest BCUT2D eigenvalue weighted by Crippen LogP contribution is -2.20. The number of thiol groups is 1. The first-order valence-electron chi connectivity index (χ1n) is 4.69. The highest BCUT2D eigenvalue weighted by atomic mass is 32.1. The van der Waals surface area contributed by atoms with Gasteiger partial charge >= 0.3 is 0 Å². The summed E-state index contributed by atoms with van der Waals surface area (Å²) < 4.78 is 10.9. The molecule has 2 unspecified atom stereocenters. The molecule has 0 aromatic rings. The summed E-state index contributed by atoms with van der Waals surface area (Å²) in [5, 5.41) is 0. The summed E-state index contributed by atoms with van der Waals surface area (Å²) in [5.41, 5.74) is 0.0199. The highest BCUT2D eigenvalue weighted by Crippen LogP contribution is 2.11. The van der Waals surface area contributed by atoms with Crippen LogP contribution in [0.3, 0.4) is 0 Å². The Balaban J connectivity index is 3.53. The van der Waals surface area contributed by atoms with Crippen molar-refractivity contribution in [2.45, 2.75) is 51.8 Å². The standard InChI is InChI=1S/C9H20O2S/c1-4-7-9(12)11-8(5-2)10-6-3/h8-9,12H,4-7H2,1-3H3. The maximum absolute atomic E-state index is 5.52. The molecule has 0 heterocycles. The van der Waals surface area contributed by atoms with Crippen LogP contribution in [0.5, 0.6) is 0 Å². The molecule has 0 aliphatic carbocycles. The molecule has 0 saturated heterocycles. The number of rotatable bonds is 7. The van der Waals surface area contributed by atoms with Crippen molar-refractivity contribution in [2.24, 2.45) is 0 Å². The third-order valence-corrected chi connectivity index (χ3v) is 1.91. The summed E-state index contributed by atoms with van der Waals surface area (Å²) >= 11 is 4.29. The summed E-state index contributed by atoms with van der Waals surface area (Å²) in [7, 11) is 0. The Morgan fingerprint density at radius 2 is 1.92 bits per heavy atom. The van der Waals surface area contributed by atoms with Crippen LogP contribution >= 0.6 is 12.6 Å². The van der Waals surface area contributed by atoms with Crippen LogP contribution in [0, 0.1) is 0 Å². The van der Waals surface area contributed by atoms with Gasteiger partial charge in [0.15, 0.2) is 6.29 Å². The molecular formula is C9H20O2S. The lowest BCUT2D eigenvalue weighted by atomic mass is 10.3. The fraction of sp³-hybridized carbons (Fsp3) is 1.00. The van der Waals surface area contributed by atoms with E-state index in [1.807, 2.05) is 13.8 Å². The molecule has 2 nitrogen and oxygen atoms in total. The minimum Gasteiger partial charge on any atom is -0.353 e. The average molecular weight is 192 g/mol. The maximum Gasteiger partial charge on any atom is 0.158 e. The van der Waals surface area contributed by atoms with E-state index in [2.05, 4.69) is 19.6 Å². The molecule has 0 rings (SSSR count). The van der Waals surface area contributed by atoms with E-state index >= 15 is 0 Å². The smallest absolute Gasteiger partial charge is 0.158 e. The van der Waals surface area contributed by atoms with Crippen molar-refractivity contribution in [3.8, 4) is 0 Å². The largest absolute Gasteiger partial charge is 0.353 e. The lowest BCUT2D eigenvalue weighted by molar-refractivity contribution is -0.149. The Bertz CT molecular complexity index is 98.5. The molecule has 74 valence electrons. The molecule has 0 aliphatic heterocycles. The predicted octanol–water partition coefficient (Wildman–Crippen LogP) is 2.83. The van der Waals surface area contributed by atoms with Crippen molar-refractivity contribution in [2.75, 3.05) is 6.61 Å². The zero-order valence-corrected chi connectivity index (χ0v) is 9.14. The molecule has 0 spiro atoms. The Morgan fingerprint density at radius 1 is 1.25 bits per heavy atom. The Hall–Kier alpha value is 0.270. The van der Waals surface area contributed by atoms with Crippen LogP contribution in [0.2, 0.25) is 0 Å². The molecular weight excluding hydrogens is 172 g/mol. The summed E-state index contributed by atoms with van der Waals surface area (Å²) in [6.45, 7) is 6.84. The van der Waals surface area contributed by atoms with Gasteiger partial charge in [0.05, 0.1) is 0 Å². The van der Waals surface area contributed by atoms with Gasteiger partial charge in [0.25, 0.3) is 0 Å². The van der Waals surface area contributed by atoms with E-state index < -0.39 is 0 Å². The first-order valence-corrected chi connectivity index (χ1v) is 5.21. The molecule has 0 saturated carbocycles. The zero-order chi connectivity index (χ0) is 9.40. The highest BCUT2D eigenvalue weighted by molar-refractivity contribution is 7.80. The minimum atomic E-state index is -0.0796. The molecule has 0 fully saturated rings. The fourth-order valence-electron chi connectivity index (χ4n) is 0.929. The normalized spacial score (nSPS) is 16.0. The number of hydrogen-bond acceptors (Lipinski definition) is 3. The van der Waals surface area contributed by atoms with Crippen LogP contribution in [-0.4, -0.2) is 18.3 Å². The van der Waals surface area contributed by atoms with Crippen LogP contribution in [0.1, 0.15) is 40.0 Å². The van der Waals surface area contributed by atoms with Crippen LogP contribution in [-0.2, 0) is 9.47 Å². The van der Waals surface area contributed by atoms with Gasteiger partial charge in [-0.1, -0.05) is 20.3 Å². The molecule has 0 aliphatic rings. The summed E-state index contributed by atoms with van der Waals surface area (Å²) in [6.07, 6.45) is 2.88. The fourth-order valence-corrected chi connectivity index (χ4v) is 1.32. The second-order valence-electron chi connectivity index (χ2n) is 2.67. The SMILES string of the molecule is CCCC(S)OC(CC)OCC. The van der Waals surface area contributed by atoms with E-state index in [0.29, 0.717) is 6.61 Å². The van der Waals surface area contributed by atoms with Gasteiger partial charge in [-0.15, -0.1) is 12.6 Å². The van der Waals surface area contributed by atoms with Crippen LogP contribution in [0.25, 0.3) is 0 Å². The Morgan fingerprint density at radius 3 is 2.33 bits per heavy atom. The Labute approximate surface area is 81.0 Å².